The Morgan fingerprint density at radius 3 is 2.69 bits per heavy atom. The van der Waals surface area contributed by atoms with Gasteiger partial charge in [-0.1, -0.05) is 44.9 Å². The SMILES string of the molecule is CN1C(=O)[C@@](CCC2CCCCC2)(C[C@H]2CCC[C@H](NCCCn3ccnc3)C2)N=C1N. The van der Waals surface area contributed by atoms with Crippen molar-refractivity contribution in [2.75, 3.05) is 13.6 Å². The number of aromatic nitrogens is 2. The van der Waals surface area contributed by atoms with Crippen LogP contribution in [0, 0.1) is 11.8 Å². The molecule has 0 unspecified atom stereocenters. The number of aliphatic imine (C=N–C) groups is 1. The number of likely N-dealkylation sites (N-methyl/N-ethyl adjacent to an activating group) is 1. The molecule has 1 aliphatic heterocycles. The highest BCUT2D eigenvalue weighted by molar-refractivity contribution is 6.06. The number of amides is 1. The van der Waals surface area contributed by atoms with Crippen LogP contribution in [0.2, 0.25) is 0 Å². The third-order valence-electron chi connectivity index (χ3n) is 8.06. The highest BCUT2D eigenvalue weighted by atomic mass is 16.2. The van der Waals surface area contributed by atoms with Gasteiger partial charge >= 0.3 is 0 Å². The first kappa shape index (κ1) is 23.3. The molecule has 7 nitrogen and oxygen atoms in total. The number of nitrogens with zero attached hydrogens (tertiary/aromatic N) is 4. The lowest BCUT2D eigenvalue weighted by Gasteiger charge is -2.35. The number of nitrogens with one attached hydrogen (secondary N) is 1. The zero-order valence-electron chi connectivity index (χ0n) is 19.8. The number of rotatable bonds is 10. The van der Waals surface area contributed by atoms with Crippen LogP contribution in [-0.4, -0.2) is 51.5 Å². The third kappa shape index (κ3) is 5.72. The maximum Gasteiger partial charge on any atom is 0.257 e. The van der Waals surface area contributed by atoms with Crippen LogP contribution in [0.1, 0.15) is 83.5 Å². The average Bonchev–Trinajstić information content (AvgIpc) is 3.40. The Bertz CT molecular complexity index is 756. The van der Waals surface area contributed by atoms with Crippen LogP contribution in [0.25, 0.3) is 0 Å². The van der Waals surface area contributed by atoms with Crippen molar-refractivity contribution in [1.29, 1.82) is 0 Å². The number of guanidine groups is 1. The number of hydrogen-bond donors (Lipinski definition) is 2. The minimum Gasteiger partial charge on any atom is -0.369 e. The number of carbonyl (C=O) groups excluding carboxylic acids is 1. The molecule has 1 aromatic heterocycles. The molecule has 0 spiro atoms. The van der Waals surface area contributed by atoms with E-state index in [1.54, 1.807) is 11.9 Å². The van der Waals surface area contributed by atoms with Gasteiger partial charge in [0.1, 0.15) is 5.54 Å². The summed E-state index contributed by atoms with van der Waals surface area (Å²) in [5, 5.41) is 3.77. The maximum atomic E-state index is 13.3. The summed E-state index contributed by atoms with van der Waals surface area (Å²) in [6.07, 6.45) is 21.1. The molecule has 2 heterocycles. The van der Waals surface area contributed by atoms with Crippen LogP contribution < -0.4 is 11.1 Å². The van der Waals surface area contributed by atoms with Crippen LogP contribution in [-0.2, 0) is 11.3 Å². The lowest BCUT2D eigenvalue weighted by molar-refractivity contribution is -0.131. The first-order chi connectivity index (χ1) is 15.6. The van der Waals surface area contributed by atoms with Crippen molar-refractivity contribution in [2.24, 2.45) is 22.6 Å². The van der Waals surface area contributed by atoms with Crippen molar-refractivity contribution in [2.45, 2.75) is 102 Å². The smallest absolute Gasteiger partial charge is 0.257 e. The van der Waals surface area contributed by atoms with E-state index in [1.165, 1.54) is 51.4 Å². The normalized spacial score (nSPS) is 29.5. The Labute approximate surface area is 193 Å². The zero-order chi connectivity index (χ0) is 22.4. The van der Waals surface area contributed by atoms with Crippen LogP contribution in [0.4, 0.5) is 0 Å². The fourth-order valence-corrected chi connectivity index (χ4v) is 6.20. The molecule has 32 heavy (non-hydrogen) atoms. The second-order valence-electron chi connectivity index (χ2n) is 10.5. The molecule has 178 valence electrons. The minimum atomic E-state index is -0.621. The molecular weight excluding hydrogens is 400 g/mol. The van der Waals surface area contributed by atoms with Crippen LogP contribution in [0.15, 0.2) is 23.7 Å². The van der Waals surface area contributed by atoms with Crippen molar-refractivity contribution in [1.82, 2.24) is 19.8 Å². The maximum absolute atomic E-state index is 13.3. The van der Waals surface area contributed by atoms with E-state index < -0.39 is 5.54 Å². The number of aryl methyl sites for hydroxylation is 1. The highest BCUT2D eigenvalue weighted by Crippen LogP contribution is 2.40. The van der Waals surface area contributed by atoms with Gasteiger partial charge in [0.05, 0.1) is 6.33 Å². The standard InChI is InChI=1S/C25H42N6O/c1-30-23(32)25(29-24(30)26,12-11-20-7-3-2-4-8-20)18-21-9-5-10-22(17-21)28-13-6-15-31-16-14-27-19-31/h14,16,19-22,28H,2-13,15,17-18H2,1H3,(H2,26,29)/t21-,22-,25+/m0/s1. The molecule has 7 heteroatoms. The van der Waals surface area contributed by atoms with Crippen molar-refractivity contribution >= 4 is 11.9 Å². The summed E-state index contributed by atoms with van der Waals surface area (Å²) in [7, 11) is 1.79. The van der Waals surface area contributed by atoms with Crippen LogP contribution >= 0.6 is 0 Å². The van der Waals surface area contributed by atoms with Gasteiger partial charge in [-0.15, -0.1) is 0 Å². The molecular formula is C25H42N6O. The Hall–Kier alpha value is -1.89. The van der Waals surface area contributed by atoms with E-state index in [0.717, 1.165) is 51.1 Å². The zero-order valence-corrected chi connectivity index (χ0v) is 19.8. The Morgan fingerprint density at radius 2 is 1.97 bits per heavy atom. The molecule has 3 atom stereocenters. The number of carbonyl (C=O) groups is 1. The van der Waals surface area contributed by atoms with E-state index in [9.17, 15) is 4.79 Å². The molecule has 1 amide bonds. The summed E-state index contributed by atoms with van der Waals surface area (Å²) in [4.78, 5) is 23.8. The predicted octanol–water partition coefficient (Wildman–Crippen LogP) is 3.70. The second kappa shape index (κ2) is 10.8. The second-order valence-corrected chi connectivity index (χ2v) is 10.5. The summed E-state index contributed by atoms with van der Waals surface area (Å²) in [5.74, 6) is 1.82. The van der Waals surface area contributed by atoms with Crippen LogP contribution in [0.5, 0.6) is 0 Å². The lowest BCUT2D eigenvalue weighted by atomic mass is 9.74. The van der Waals surface area contributed by atoms with Gasteiger partial charge in [0.2, 0.25) is 0 Å². The number of imidazole rings is 1. The number of hydrogen-bond acceptors (Lipinski definition) is 5. The highest BCUT2D eigenvalue weighted by Gasteiger charge is 2.47. The van der Waals surface area contributed by atoms with E-state index in [2.05, 4.69) is 14.9 Å². The molecule has 2 fully saturated rings. The average molecular weight is 443 g/mol. The van der Waals surface area contributed by atoms with E-state index in [0.29, 0.717) is 17.9 Å². The Morgan fingerprint density at radius 1 is 1.16 bits per heavy atom. The molecule has 0 bridgehead atoms. The number of nitrogens with two attached hydrogens (primary N) is 1. The topological polar surface area (TPSA) is 88.5 Å². The van der Waals surface area contributed by atoms with E-state index in [1.807, 2.05) is 18.7 Å². The van der Waals surface area contributed by atoms with Gasteiger partial charge in [-0.25, -0.2) is 9.98 Å². The summed E-state index contributed by atoms with van der Waals surface area (Å²) < 4.78 is 2.13. The van der Waals surface area contributed by atoms with E-state index >= 15 is 0 Å². The summed E-state index contributed by atoms with van der Waals surface area (Å²) in [6.45, 7) is 2.03. The van der Waals surface area contributed by atoms with Gasteiger partial charge in [0.25, 0.3) is 5.91 Å². The van der Waals surface area contributed by atoms with Crippen molar-refractivity contribution < 1.29 is 4.79 Å². The van der Waals surface area contributed by atoms with Gasteiger partial charge in [0, 0.05) is 32.0 Å². The molecule has 2 saturated carbocycles. The predicted molar refractivity (Wildman–Crippen MR) is 128 cm³/mol. The molecule has 1 aromatic rings. The van der Waals surface area contributed by atoms with Gasteiger partial charge in [0.15, 0.2) is 5.96 Å². The summed E-state index contributed by atoms with van der Waals surface area (Å²) in [6, 6.07) is 0.544. The van der Waals surface area contributed by atoms with E-state index in [4.69, 9.17) is 10.7 Å². The molecule has 3 N–H and O–H groups in total. The first-order valence-electron chi connectivity index (χ1n) is 12.9. The molecule has 0 saturated heterocycles. The first-order valence-corrected chi connectivity index (χ1v) is 12.9. The van der Waals surface area contributed by atoms with Crippen molar-refractivity contribution in [3.63, 3.8) is 0 Å². The van der Waals surface area contributed by atoms with Crippen molar-refractivity contribution in [3.05, 3.63) is 18.7 Å². The van der Waals surface area contributed by atoms with Gasteiger partial charge < -0.3 is 15.6 Å². The summed E-state index contributed by atoms with van der Waals surface area (Å²) >= 11 is 0. The molecule has 0 aromatic carbocycles. The minimum absolute atomic E-state index is 0.126. The Balaban J connectivity index is 1.31. The lowest BCUT2D eigenvalue weighted by Crippen LogP contribution is -2.45. The third-order valence-corrected chi connectivity index (χ3v) is 8.06. The molecule has 3 aliphatic rings. The largest absolute Gasteiger partial charge is 0.369 e. The van der Waals surface area contributed by atoms with Gasteiger partial charge in [-0.05, 0) is 56.9 Å². The summed E-state index contributed by atoms with van der Waals surface area (Å²) in [5.41, 5.74) is 5.52. The van der Waals surface area contributed by atoms with Crippen molar-refractivity contribution in [3.8, 4) is 0 Å². The van der Waals surface area contributed by atoms with Gasteiger partial charge in [-0.3, -0.25) is 9.69 Å². The molecule has 4 rings (SSSR count). The molecule has 2 aliphatic carbocycles. The monoisotopic (exact) mass is 442 g/mol. The fraction of sp³-hybridized carbons (Fsp3) is 0.800. The Kier molecular flexibility index (Phi) is 7.87. The van der Waals surface area contributed by atoms with Gasteiger partial charge in [-0.2, -0.15) is 0 Å². The van der Waals surface area contributed by atoms with Crippen LogP contribution in [0.3, 0.4) is 0 Å². The fourth-order valence-electron chi connectivity index (χ4n) is 6.20. The molecule has 0 radical (unpaired) electrons. The van der Waals surface area contributed by atoms with E-state index in [-0.39, 0.29) is 5.91 Å². The quantitative estimate of drug-likeness (QED) is 0.541.